The van der Waals surface area contributed by atoms with Crippen LogP contribution >= 0.6 is 0 Å². The van der Waals surface area contributed by atoms with Crippen molar-refractivity contribution in [1.82, 2.24) is 0 Å². The minimum atomic E-state index is -0.691. The van der Waals surface area contributed by atoms with E-state index in [2.05, 4.69) is 0 Å². The van der Waals surface area contributed by atoms with Gasteiger partial charge < -0.3 is 14.2 Å². The molecule has 5 heteroatoms. The SMILES string of the molecule is CC(=O)Oc1c2c(c3ccccc3c1OC(=O)C(C)(C)C)OC(C)(C)CC2. The lowest BCUT2D eigenvalue weighted by Gasteiger charge is -2.34. The molecule has 2 aromatic rings. The van der Waals surface area contributed by atoms with E-state index in [0.717, 1.165) is 17.4 Å². The molecule has 0 N–H and O–H groups in total. The number of ether oxygens (including phenoxy) is 3. The van der Waals surface area contributed by atoms with Gasteiger partial charge in [-0.2, -0.15) is 0 Å². The van der Waals surface area contributed by atoms with Gasteiger partial charge in [0.1, 0.15) is 11.4 Å². The first-order valence-electron chi connectivity index (χ1n) is 9.17. The van der Waals surface area contributed by atoms with E-state index in [1.54, 1.807) is 20.8 Å². The topological polar surface area (TPSA) is 61.8 Å². The van der Waals surface area contributed by atoms with E-state index in [0.29, 0.717) is 17.6 Å². The summed E-state index contributed by atoms with van der Waals surface area (Å²) in [6, 6.07) is 7.55. The molecule has 1 aliphatic rings. The third-order valence-electron chi connectivity index (χ3n) is 4.58. The Morgan fingerprint density at radius 3 is 2.26 bits per heavy atom. The van der Waals surface area contributed by atoms with E-state index >= 15 is 0 Å². The predicted octanol–water partition coefficient (Wildman–Crippen LogP) is 4.82. The molecule has 3 rings (SSSR count). The van der Waals surface area contributed by atoms with Gasteiger partial charge in [0.05, 0.1) is 5.41 Å². The lowest BCUT2D eigenvalue weighted by Crippen LogP contribution is -2.33. The second-order valence-corrected chi connectivity index (χ2v) is 8.61. The Balaban J connectivity index is 2.30. The van der Waals surface area contributed by atoms with Crippen LogP contribution in [0.5, 0.6) is 17.2 Å². The average Bonchev–Trinajstić information content (AvgIpc) is 2.55. The summed E-state index contributed by atoms with van der Waals surface area (Å²) >= 11 is 0. The van der Waals surface area contributed by atoms with Crippen LogP contribution in [0.4, 0.5) is 0 Å². The second kappa shape index (κ2) is 6.55. The first kappa shape index (κ1) is 19.2. The summed E-state index contributed by atoms with van der Waals surface area (Å²) in [5.74, 6) is 0.393. The van der Waals surface area contributed by atoms with Gasteiger partial charge in [0.15, 0.2) is 11.5 Å². The van der Waals surface area contributed by atoms with Gasteiger partial charge in [0.25, 0.3) is 0 Å². The van der Waals surface area contributed by atoms with Crippen LogP contribution in [0.1, 0.15) is 53.5 Å². The Labute approximate surface area is 159 Å². The maximum atomic E-state index is 12.6. The van der Waals surface area contributed by atoms with Gasteiger partial charge in [-0.3, -0.25) is 9.59 Å². The fourth-order valence-corrected chi connectivity index (χ4v) is 3.10. The number of hydrogen-bond acceptors (Lipinski definition) is 5. The van der Waals surface area contributed by atoms with Gasteiger partial charge in [-0.05, 0) is 47.5 Å². The fourth-order valence-electron chi connectivity index (χ4n) is 3.10. The van der Waals surface area contributed by atoms with Gasteiger partial charge in [-0.25, -0.2) is 0 Å². The molecule has 144 valence electrons. The number of esters is 2. The van der Waals surface area contributed by atoms with Crippen molar-refractivity contribution in [2.45, 2.75) is 60.0 Å². The molecule has 0 unspecified atom stereocenters. The summed E-state index contributed by atoms with van der Waals surface area (Å²) in [7, 11) is 0. The van der Waals surface area contributed by atoms with Crippen LogP contribution in [-0.4, -0.2) is 17.5 Å². The molecule has 1 aliphatic heterocycles. The molecule has 2 aromatic carbocycles. The van der Waals surface area contributed by atoms with E-state index in [4.69, 9.17) is 14.2 Å². The van der Waals surface area contributed by atoms with Gasteiger partial charge >= 0.3 is 11.9 Å². The molecule has 27 heavy (non-hydrogen) atoms. The molecule has 5 nitrogen and oxygen atoms in total. The van der Waals surface area contributed by atoms with Crippen molar-refractivity contribution in [2.75, 3.05) is 0 Å². The number of carbonyl (C=O) groups excluding carboxylic acids is 2. The number of benzene rings is 2. The van der Waals surface area contributed by atoms with Crippen molar-refractivity contribution in [2.24, 2.45) is 5.41 Å². The first-order valence-corrected chi connectivity index (χ1v) is 9.17. The Kier molecular flexibility index (Phi) is 4.66. The lowest BCUT2D eigenvalue weighted by molar-refractivity contribution is -0.143. The van der Waals surface area contributed by atoms with Crippen molar-refractivity contribution in [1.29, 1.82) is 0 Å². The predicted molar refractivity (Wildman–Crippen MR) is 103 cm³/mol. The van der Waals surface area contributed by atoms with Crippen molar-refractivity contribution >= 4 is 22.7 Å². The first-order chi connectivity index (χ1) is 12.5. The van der Waals surface area contributed by atoms with E-state index in [1.807, 2.05) is 38.1 Å². The second-order valence-electron chi connectivity index (χ2n) is 8.61. The highest BCUT2D eigenvalue weighted by Gasteiger charge is 2.35. The van der Waals surface area contributed by atoms with Crippen molar-refractivity contribution in [3.8, 4) is 17.2 Å². The zero-order valence-corrected chi connectivity index (χ0v) is 16.8. The standard InChI is InChI=1S/C22H26O5/c1-13(23)25-19-16-11-12-22(5,6)27-17(16)14-9-7-8-10-15(14)18(19)26-20(24)21(2,3)4/h7-10H,11-12H2,1-6H3. The Morgan fingerprint density at radius 1 is 1.04 bits per heavy atom. The molecule has 1 heterocycles. The zero-order chi connectivity index (χ0) is 20.0. The van der Waals surface area contributed by atoms with Gasteiger partial charge in [-0.15, -0.1) is 0 Å². The highest BCUT2D eigenvalue weighted by atomic mass is 16.6. The normalized spacial score (nSPS) is 15.6. The minimum absolute atomic E-state index is 0.280. The summed E-state index contributed by atoms with van der Waals surface area (Å²) in [5, 5.41) is 1.52. The molecule has 0 saturated heterocycles. The van der Waals surface area contributed by atoms with Crippen LogP contribution in [0.15, 0.2) is 24.3 Å². The molecule has 0 fully saturated rings. The molecule has 0 amide bonds. The zero-order valence-electron chi connectivity index (χ0n) is 16.8. The molecular formula is C22H26O5. The van der Waals surface area contributed by atoms with Crippen LogP contribution in [0.25, 0.3) is 10.8 Å². The Morgan fingerprint density at radius 2 is 1.67 bits per heavy atom. The summed E-state index contributed by atoms with van der Waals surface area (Å²) in [5.41, 5.74) is -0.254. The van der Waals surface area contributed by atoms with E-state index in [9.17, 15) is 9.59 Å². The van der Waals surface area contributed by atoms with Gasteiger partial charge in [-0.1, -0.05) is 24.3 Å². The molecule has 0 bridgehead atoms. The molecular weight excluding hydrogens is 344 g/mol. The van der Waals surface area contributed by atoms with Crippen LogP contribution < -0.4 is 14.2 Å². The molecule has 0 aliphatic carbocycles. The van der Waals surface area contributed by atoms with Crippen molar-refractivity contribution in [3.63, 3.8) is 0 Å². The monoisotopic (exact) mass is 370 g/mol. The number of carbonyl (C=O) groups is 2. The number of hydrogen-bond donors (Lipinski definition) is 0. The summed E-state index contributed by atoms with van der Waals surface area (Å²) in [4.78, 5) is 24.4. The van der Waals surface area contributed by atoms with Crippen molar-refractivity contribution < 1.29 is 23.8 Å². The van der Waals surface area contributed by atoms with Gasteiger partial charge in [0.2, 0.25) is 0 Å². The van der Waals surface area contributed by atoms with Crippen molar-refractivity contribution in [3.05, 3.63) is 29.8 Å². The van der Waals surface area contributed by atoms with E-state index < -0.39 is 17.4 Å². The summed E-state index contributed by atoms with van der Waals surface area (Å²) < 4.78 is 17.6. The minimum Gasteiger partial charge on any atom is -0.487 e. The third kappa shape index (κ3) is 3.77. The third-order valence-corrected chi connectivity index (χ3v) is 4.58. The molecule has 0 atom stereocenters. The highest BCUT2D eigenvalue weighted by Crippen LogP contribution is 2.50. The van der Waals surface area contributed by atoms with Crippen LogP contribution in [0.3, 0.4) is 0 Å². The Bertz CT molecular complexity index is 918. The van der Waals surface area contributed by atoms with E-state index in [-0.39, 0.29) is 17.1 Å². The van der Waals surface area contributed by atoms with Crippen LogP contribution in [0.2, 0.25) is 0 Å². The fraction of sp³-hybridized carbons (Fsp3) is 0.455. The maximum Gasteiger partial charge on any atom is 0.316 e. The van der Waals surface area contributed by atoms with Crippen LogP contribution in [0, 0.1) is 5.41 Å². The largest absolute Gasteiger partial charge is 0.487 e. The summed E-state index contributed by atoms with van der Waals surface area (Å²) in [6.45, 7) is 10.8. The van der Waals surface area contributed by atoms with E-state index in [1.165, 1.54) is 6.92 Å². The summed E-state index contributed by atoms with van der Waals surface area (Å²) in [6.07, 6.45) is 1.43. The van der Waals surface area contributed by atoms with Crippen LogP contribution in [-0.2, 0) is 16.0 Å². The lowest BCUT2D eigenvalue weighted by atomic mass is 9.90. The quantitative estimate of drug-likeness (QED) is 0.560. The van der Waals surface area contributed by atoms with Gasteiger partial charge in [0, 0.05) is 23.3 Å². The molecule has 0 spiro atoms. The molecule has 0 aromatic heterocycles. The highest BCUT2D eigenvalue weighted by molar-refractivity contribution is 6.00. The smallest absolute Gasteiger partial charge is 0.316 e. The number of rotatable bonds is 2. The Hall–Kier alpha value is -2.56. The molecule has 0 saturated carbocycles. The number of fused-ring (bicyclic) bond motifs is 3. The molecule has 0 radical (unpaired) electrons. The maximum absolute atomic E-state index is 12.6. The average molecular weight is 370 g/mol.